The molecule has 2 aromatic rings. The van der Waals surface area contributed by atoms with Crippen LogP contribution in [0.15, 0.2) is 54.6 Å². The van der Waals surface area contributed by atoms with E-state index in [1.807, 2.05) is 30.3 Å². The number of anilines is 1. The van der Waals surface area contributed by atoms with Crippen LogP contribution in [-0.2, 0) is 25.7 Å². The van der Waals surface area contributed by atoms with Crippen LogP contribution in [0.25, 0.3) is 0 Å². The van der Waals surface area contributed by atoms with E-state index in [9.17, 15) is 19.2 Å². The zero-order chi connectivity index (χ0) is 24.3. The van der Waals surface area contributed by atoms with Crippen LogP contribution < -0.4 is 20.7 Å². The lowest BCUT2D eigenvalue weighted by atomic mass is 10.2. The highest BCUT2D eigenvalue weighted by molar-refractivity contribution is 5.86. The highest BCUT2D eigenvalue weighted by Crippen LogP contribution is 2.16. The largest absolute Gasteiger partial charge is 0.444 e. The van der Waals surface area contributed by atoms with E-state index >= 15 is 0 Å². The Morgan fingerprint density at radius 2 is 1.48 bits per heavy atom. The Morgan fingerprint density at radius 3 is 2.12 bits per heavy atom. The summed E-state index contributed by atoms with van der Waals surface area (Å²) >= 11 is 0. The molecule has 0 atom stereocenters. The molecule has 0 aliphatic rings. The van der Waals surface area contributed by atoms with E-state index in [4.69, 9.17) is 14.2 Å². The van der Waals surface area contributed by atoms with Crippen LogP contribution in [0.2, 0.25) is 0 Å². The molecule has 0 spiro atoms. The summed E-state index contributed by atoms with van der Waals surface area (Å²) in [6, 6.07) is 15.3. The number of esters is 1. The molecule has 33 heavy (non-hydrogen) atoms. The Bertz CT molecular complexity index is 954. The molecule has 0 aliphatic carbocycles. The Kier molecular flexibility index (Phi) is 9.22. The van der Waals surface area contributed by atoms with Crippen molar-refractivity contribution >= 4 is 29.8 Å². The molecular formula is C23H27N3O7. The van der Waals surface area contributed by atoms with Crippen molar-refractivity contribution in [3.05, 3.63) is 60.2 Å². The summed E-state index contributed by atoms with van der Waals surface area (Å²) in [7, 11) is 0. The number of hydrogen-bond donors (Lipinski definition) is 3. The lowest BCUT2D eigenvalue weighted by Crippen LogP contribution is -2.41. The number of benzene rings is 2. The number of nitrogens with one attached hydrogen (secondary N) is 3. The van der Waals surface area contributed by atoms with Crippen molar-refractivity contribution in [1.29, 1.82) is 0 Å². The molecule has 0 aliphatic heterocycles. The van der Waals surface area contributed by atoms with Gasteiger partial charge < -0.3 is 24.8 Å². The van der Waals surface area contributed by atoms with Crippen LogP contribution >= 0.6 is 0 Å². The van der Waals surface area contributed by atoms with E-state index in [2.05, 4.69) is 16.0 Å². The van der Waals surface area contributed by atoms with Crippen molar-refractivity contribution in [3.63, 3.8) is 0 Å². The average molecular weight is 457 g/mol. The number of hydrogen-bond acceptors (Lipinski definition) is 7. The van der Waals surface area contributed by atoms with Crippen molar-refractivity contribution in [2.45, 2.75) is 33.0 Å². The second-order valence-corrected chi connectivity index (χ2v) is 7.82. The third-order valence-corrected chi connectivity index (χ3v) is 3.77. The topological polar surface area (TPSA) is 132 Å². The van der Waals surface area contributed by atoms with Crippen LogP contribution in [-0.4, -0.2) is 42.8 Å². The van der Waals surface area contributed by atoms with E-state index in [1.54, 1.807) is 20.8 Å². The van der Waals surface area contributed by atoms with Crippen LogP contribution in [0.3, 0.4) is 0 Å². The van der Waals surface area contributed by atoms with Gasteiger partial charge in [-0.25, -0.2) is 14.4 Å². The summed E-state index contributed by atoms with van der Waals surface area (Å²) < 4.78 is 15.2. The van der Waals surface area contributed by atoms with Crippen LogP contribution in [0.4, 0.5) is 15.3 Å². The van der Waals surface area contributed by atoms with E-state index < -0.39 is 29.7 Å². The zero-order valence-corrected chi connectivity index (χ0v) is 18.7. The summed E-state index contributed by atoms with van der Waals surface area (Å²) in [5.41, 5.74) is 0.634. The van der Waals surface area contributed by atoms with Gasteiger partial charge in [-0.05, 0) is 50.6 Å². The average Bonchev–Trinajstić information content (AvgIpc) is 2.76. The van der Waals surface area contributed by atoms with Gasteiger partial charge in [0.05, 0.1) is 0 Å². The van der Waals surface area contributed by atoms with E-state index in [0.29, 0.717) is 5.69 Å². The number of carbonyl (C=O) groups is 4. The van der Waals surface area contributed by atoms with Gasteiger partial charge in [0, 0.05) is 5.69 Å². The third kappa shape index (κ3) is 10.7. The molecule has 0 radical (unpaired) electrons. The molecule has 3 N–H and O–H groups in total. The van der Waals surface area contributed by atoms with Crippen molar-refractivity contribution in [1.82, 2.24) is 10.6 Å². The zero-order valence-electron chi connectivity index (χ0n) is 18.7. The van der Waals surface area contributed by atoms with Gasteiger partial charge in [0.2, 0.25) is 5.91 Å². The van der Waals surface area contributed by atoms with Crippen LogP contribution in [0, 0.1) is 0 Å². The SMILES string of the molecule is CC(C)(C)OC(=O)NCC(=O)NCC(=O)Oc1ccc(NC(=O)OCc2ccccc2)cc1. The predicted molar refractivity (Wildman–Crippen MR) is 120 cm³/mol. The summed E-state index contributed by atoms with van der Waals surface area (Å²) in [5, 5.41) is 7.18. The predicted octanol–water partition coefficient (Wildman–Crippen LogP) is 2.98. The van der Waals surface area contributed by atoms with Gasteiger partial charge in [-0.2, -0.15) is 0 Å². The van der Waals surface area contributed by atoms with Crippen molar-refractivity contribution in [2.24, 2.45) is 0 Å². The molecular weight excluding hydrogens is 430 g/mol. The van der Waals surface area contributed by atoms with Crippen molar-refractivity contribution < 1.29 is 33.4 Å². The van der Waals surface area contributed by atoms with Gasteiger partial charge in [0.1, 0.15) is 31.0 Å². The highest BCUT2D eigenvalue weighted by Gasteiger charge is 2.17. The van der Waals surface area contributed by atoms with E-state index in [-0.39, 0.29) is 25.4 Å². The Balaban J connectivity index is 1.68. The molecule has 0 saturated heterocycles. The van der Waals surface area contributed by atoms with Gasteiger partial charge >= 0.3 is 18.2 Å². The molecule has 10 heteroatoms. The molecule has 0 unspecified atom stereocenters. The Labute approximate surface area is 191 Å². The first-order chi connectivity index (χ1) is 15.6. The Morgan fingerprint density at radius 1 is 0.818 bits per heavy atom. The first-order valence-electron chi connectivity index (χ1n) is 10.1. The fraction of sp³-hybridized carbons (Fsp3) is 0.304. The minimum Gasteiger partial charge on any atom is -0.444 e. The molecule has 0 bridgehead atoms. The maximum absolute atomic E-state index is 11.9. The van der Waals surface area contributed by atoms with Gasteiger partial charge in [0.25, 0.3) is 0 Å². The smallest absolute Gasteiger partial charge is 0.411 e. The summed E-state index contributed by atoms with van der Waals surface area (Å²) in [6.45, 7) is 4.50. The fourth-order valence-corrected chi connectivity index (χ4v) is 2.35. The molecule has 0 aromatic heterocycles. The third-order valence-electron chi connectivity index (χ3n) is 3.77. The quantitative estimate of drug-likeness (QED) is 0.410. The molecule has 0 fully saturated rings. The number of alkyl carbamates (subject to hydrolysis) is 1. The van der Waals surface area contributed by atoms with Gasteiger partial charge in [0.15, 0.2) is 0 Å². The maximum atomic E-state index is 11.9. The molecule has 2 aromatic carbocycles. The molecule has 0 saturated carbocycles. The normalized spacial score (nSPS) is 10.5. The lowest BCUT2D eigenvalue weighted by molar-refractivity contribution is -0.135. The number of ether oxygens (including phenoxy) is 3. The summed E-state index contributed by atoms with van der Waals surface area (Å²) in [6.07, 6.45) is -1.36. The van der Waals surface area contributed by atoms with Crippen molar-refractivity contribution in [2.75, 3.05) is 18.4 Å². The monoisotopic (exact) mass is 457 g/mol. The van der Waals surface area contributed by atoms with Crippen LogP contribution in [0.5, 0.6) is 5.75 Å². The van der Waals surface area contributed by atoms with E-state index in [1.165, 1.54) is 24.3 Å². The van der Waals surface area contributed by atoms with Crippen molar-refractivity contribution in [3.8, 4) is 5.75 Å². The molecule has 0 heterocycles. The number of rotatable bonds is 8. The van der Waals surface area contributed by atoms with Crippen LogP contribution in [0.1, 0.15) is 26.3 Å². The maximum Gasteiger partial charge on any atom is 0.411 e. The Hall–Kier alpha value is -4.08. The van der Waals surface area contributed by atoms with Gasteiger partial charge in [-0.1, -0.05) is 30.3 Å². The lowest BCUT2D eigenvalue weighted by Gasteiger charge is -2.19. The fourth-order valence-electron chi connectivity index (χ4n) is 2.35. The van der Waals surface area contributed by atoms with Gasteiger partial charge in [-0.3, -0.25) is 10.1 Å². The number of amides is 3. The summed E-state index contributed by atoms with van der Waals surface area (Å²) in [4.78, 5) is 47.0. The molecule has 3 amide bonds. The first kappa shape index (κ1) is 25.2. The second-order valence-electron chi connectivity index (χ2n) is 7.82. The minimum atomic E-state index is -0.738. The molecule has 2 rings (SSSR count). The molecule has 10 nitrogen and oxygen atoms in total. The first-order valence-corrected chi connectivity index (χ1v) is 10.1. The highest BCUT2D eigenvalue weighted by atomic mass is 16.6. The number of carbonyl (C=O) groups excluding carboxylic acids is 4. The summed E-state index contributed by atoms with van der Waals surface area (Å²) in [5.74, 6) is -1.06. The second kappa shape index (κ2) is 12.1. The minimum absolute atomic E-state index is 0.140. The molecule has 176 valence electrons. The van der Waals surface area contributed by atoms with Gasteiger partial charge in [-0.15, -0.1) is 0 Å². The van der Waals surface area contributed by atoms with E-state index in [0.717, 1.165) is 5.56 Å². The standard InChI is InChI=1S/C23H27N3O7/c1-23(2,3)33-21(29)25-13-19(27)24-14-20(28)32-18-11-9-17(10-12-18)26-22(30)31-15-16-7-5-4-6-8-16/h4-12H,13-15H2,1-3H3,(H,24,27)(H,25,29)(H,26,30).